The maximum atomic E-state index is 12.2. The number of carbonyl (C=O) groups is 1. The number of likely N-dealkylation sites (tertiary alicyclic amines) is 1. The van der Waals surface area contributed by atoms with Gasteiger partial charge in [0.25, 0.3) is 0 Å². The first kappa shape index (κ1) is 16.0. The lowest BCUT2D eigenvalue weighted by molar-refractivity contribution is -0.150. The molecule has 1 aliphatic rings. The van der Waals surface area contributed by atoms with Gasteiger partial charge in [-0.1, -0.05) is 37.3 Å². The zero-order chi connectivity index (χ0) is 15.2. The Kier molecular flexibility index (Phi) is 5.80. The normalized spacial score (nSPS) is 22.0. The van der Waals surface area contributed by atoms with Crippen molar-refractivity contribution in [2.75, 3.05) is 13.2 Å². The Morgan fingerprint density at radius 2 is 2.05 bits per heavy atom. The molecule has 1 aromatic rings. The van der Waals surface area contributed by atoms with Crippen molar-refractivity contribution in [1.29, 1.82) is 0 Å². The van der Waals surface area contributed by atoms with E-state index in [-0.39, 0.29) is 11.9 Å². The van der Waals surface area contributed by atoms with Crippen LogP contribution in [-0.2, 0) is 9.53 Å². The number of hydrogen-bond donors (Lipinski definition) is 0. The smallest absolute Gasteiger partial charge is 0.310 e. The van der Waals surface area contributed by atoms with E-state index in [2.05, 4.69) is 43.0 Å². The molecular weight excluding hydrogens is 262 g/mol. The molecule has 3 nitrogen and oxygen atoms in total. The topological polar surface area (TPSA) is 29.5 Å². The van der Waals surface area contributed by atoms with Crippen LogP contribution in [0.1, 0.15) is 51.6 Å². The van der Waals surface area contributed by atoms with Gasteiger partial charge >= 0.3 is 5.97 Å². The van der Waals surface area contributed by atoms with E-state index in [9.17, 15) is 4.79 Å². The molecule has 1 aromatic carbocycles. The van der Waals surface area contributed by atoms with Crippen molar-refractivity contribution in [3.63, 3.8) is 0 Å². The molecule has 0 N–H and O–H groups in total. The van der Waals surface area contributed by atoms with Gasteiger partial charge in [-0.05, 0) is 45.2 Å². The molecule has 21 heavy (non-hydrogen) atoms. The van der Waals surface area contributed by atoms with Gasteiger partial charge in [0.05, 0.1) is 12.5 Å². The third kappa shape index (κ3) is 3.65. The summed E-state index contributed by atoms with van der Waals surface area (Å²) in [4.78, 5) is 14.7. The van der Waals surface area contributed by atoms with Crippen LogP contribution in [0.3, 0.4) is 0 Å². The van der Waals surface area contributed by atoms with Gasteiger partial charge in [0.2, 0.25) is 0 Å². The van der Waals surface area contributed by atoms with Gasteiger partial charge < -0.3 is 4.74 Å². The van der Waals surface area contributed by atoms with Crippen LogP contribution in [0, 0.1) is 5.92 Å². The van der Waals surface area contributed by atoms with Crippen LogP contribution in [0.4, 0.5) is 0 Å². The van der Waals surface area contributed by atoms with E-state index in [1.165, 1.54) is 5.56 Å². The van der Waals surface area contributed by atoms with Crippen LogP contribution >= 0.6 is 0 Å². The van der Waals surface area contributed by atoms with E-state index in [1.54, 1.807) is 0 Å². The lowest BCUT2D eigenvalue weighted by atomic mass is 9.93. The first-order valence-electron chi connectivity index (χ1n) is 8.16. The second-order valence-corrected chi connectivity index (χ2v) is 5.80. The molecule has 2 rings (SSSR count). The van der Waals surface area contributed by atoms with Crippen LogP contribution in [0.25, 0.3) is 0 Å². The molecule has 0 saturated carbocycles. The molecule has 1 fully saturated rings. The summed E-state index contributed by atoms with van der Waals surface area (Å²) in [5.74, 6) is -0.0317. The Hall–Kier alpha value is -1.35. The fraction of sp³-hybridized carbons (Fsp3) is 0.611. The summed E-state index contributed by atoms with van der Waals surface area (Å²) >= 11 is 0. The predicted molar refractivity (Wildman–Crippen MR) is 85.0 cm³/mol. The number of carbonyl (C=O) groups excluding carboxylic acids is 1. The zero-order valence-corrected chi connectivity index (χ0v) is 13.4. The fourth-order valence-corrected chi connectivity index (χ4v) is 3.50. The average Bonchev–Trinajstić information content (AvgIpc) is 2.98. The van der Waals surface area contributed by atoms with Crippen molar-refractivity contribution < 1.29 is 9.53 Å². The number of nitrogens with zero attached hydrogens (tertiary/aromatic N) is 1. The Balaban J connectivity index is 2.13. The highest BCUT2D eigenvalue weighted by atomic mass is 16.5. The van der Waals surface area contributed by atoms with Gasteiger partial charge in [0.1, 0.15) is 0 Å². The van der Waals surface area contributed by atoms with Crippen LogP contribution in [0.5, 0.6) is 0 Å². The SMILES string of the molecule is CCOC(=O)[C@@H](CC)[C@H]1CCCN1[C@@H](C)c1ccccc1. The van der Waals surface area contributed by atoms with Crippen LogP contribution < -0.4 is 0 Å². The number of esters is 1. The quantitative estimate of drug-likeness (QED) is 0.746. The third-order valence-electron chi connectivity index (χ3n) is 4.62. The molecule has 0 aromatic heterocycles. The van der Waals surface area contributed by atoms with Crippen molar-refractivity contribution in [2.24, 2.45) is 5.92 Å². The van der Waals surface area contributed by atoms with Crippen LogP contribution in [0.15, 0.2) is 30.3 Å². The highest BCUT2D eigenvalue weighted by Gasteiger charge is 2.37. The molecule has 0 aliphatic carbocycles. The highest BCUT2D eigenvalue weighted by molar-refractivity contribution is 5.73. The van der Waals surface area contributed by atoms with Gasteiger partial charge in [-0.25, -0.2) is 0 Å². The zero-order valence-electron chi connectivity index (χ0n) is 13.4. The van der Waals surface area contributed by atoms with E-state index in [0.717, 1.165) is 25.8 Å². The molecule has 0 unspecified atom stereocenters. The first-order chi connectivity index (χ1) is 10.2. The Labute approximate surface area is 128 Å². The van der Waals surface area contributed by atoms with Crippen molar-refractivity contribution in [1.82, 2.24) is 4.90 Å². The maximum absolute atomic E-state index is 12.2. The molecule has 0 bridgehead atoms. The van der Waals surface area contributed by atoms with Crippen molar-refractivity contribution in [3.8, 4) is 0 Å². The standard InChI is InChI=1S/C18H27NO2/c1-4-16(18(20)21-5-2)17-12-9-13-19(17)14(3)15-10-7-6-8-11-15/h6-8,10-11,14,16-17H,4-5,9,12-13H2,1-3H3/t14-,16-,17+/m0/s1. The highest BCUT2D eigenvalue weighted by Crippen LogP contribution is 2.34. The summed E-state index contributed by atoms with van der Waals surface area (Å²) in [6.45, 7) is 7.74. The second-order valence-electron chi connectivity index (χ2n) is 5.80. The molecule has 1 aliphatic heterocycles. The fourth-order valence-electron chi connectivity index (χ4n) is 3.50. The van der Waals surface area contributed by atoms with E-state index < -0.39 is 0 Å². The first-order valence-corrected chi connectivity index (χ1v) is 8.16. The summed E-state index contributed by atoms with van der Waals surface area (Å²) < 4.78 is 5.28. The van der Waals surface area contributed by atoms with Gasteiger partial charge in [0.15, 0.2) is 0 Å². The molecular formula is C18H27NO2. The summed E-state index contributed by atoms with van der Waals surface area (Å²) in [5.41, 5.74) is 1.32. The van der Waals surface area contributed by atoms with Crippen molar-refractivity contribution >= 4 is 5.97 Å². The minimum atomic E-state index is -0.0304. The summed E-state index contributed by atoms with van der Waals surface area (Å²) in [7, 11) is 0. The average molecular weight is 289 g/mol. The van der Waals surface area contributed by atoms with Gasteiger partial charge in [-0.15, -0.1) is 0 Å². The number of ether oxygens (including phenoxy) is 1. The number of benzene rings is 1. The molecule has 3 heteroatoms. The van der Waals surface area contributed by atoms with Crippen molar-refractivity contribution in [2.45, 2.75) is 52.1 Å². The monoisotopic (exact) mass is 289 g/mol. The molecule has 0 radical (unpaired) electrons. The van der Waals surface area contributed by atoms with Crippen LogP contribution in [-0.4, -0.2) is 30.1 Å². The summed E-state index contributed by atoms with van der Waals surface area (Å²) in [5, 5.41) is 0. The Bertz CT molecular complexity index is 446. The molecule has 1 heterocycles. The molecule has 116 valence electrons. The molecule has 3 atom stereocenters. The lowest BCUT2D eigenvalue weighted by Crippen LogP contribution is -2.41. The lowest BCUT2D eigenvalue weighted by Gasteiger charge is -2.34. The van der Waals surface area contributed by atoms with Gasteiger partial charge in [-0.2, -0.15) is 0 Å². The van der Waals surface area contributed by atoms with E-state index in [0.29, 0.717) is 18.7 Å². The molecule has 0 spiro atoms. The minimum Gasteiger partial charge on any atom is -0.466 e. The third-order valence-corrected chi connectivity index (χ3v) is 4.62. The van der Waals surface area contributed by atoms with Crippen LogP contribution in [0.2, 0.25) is 0 Å². The van der Waals surface area contributed by atoms with Crippen molar-refractivity contribution in [3.05, 3.63) is 35.9 Å². The van der Waals surface area contributed by atoms with Gasteiger partial charge in [0, 0.05) is 12.1 Å². The summed E-state index contributed by atoms with van der Waals surface area (Å²) in [6, 6.07) is 11.2. The maximum Gasteiger partial charge on any atom is 0.310 e. The minimum absolute atomic E-state index is 0.00128. The molecule has 1 saturated heterocycles. The van der Waals surface area contributed by atoms with E-state index in [1.807, 2.05) is 13.0 Å². The number of hydrogen-bond acceptors (Lipinski definition) is 3. The number of rotatable bonds is 6. The largest absolute Gasteiger partial charge is 0.466 e. The Morgan fingerprint density at radius 3 is 2.67 bits per heavy atom. The Morgan fingerprint density at radius 1 is 1.33 bits per heavy atom. The van der Waals surface area contributed by atoms with E-state index >= 15 is 0 Å². The van der Waals surface area contributed by atoms with E-state index in [4.69, 9.17) is 4.74 Å². The predicted octanol–water partition coefficient (Wildman–Crippen LogP) is 3.80. The second kappa shape index (κ2) is 7.60. The molecule has 0 amide bonds. The van der Waals surface area contributed by atoms with Gasteiger partial charge in [-0.3, -0.25) is 9.69 Å². The summed E-state index contributed by atoms with van der Waals surface area (Å²) in [6.07, 6.45) is 3.10.